The van der Waals surface area contributed by atoms with E-state index in [2.05, 4.69) is 15.3 Å². The molecule has 1 aromatic carbocycles. The molecule has 5 rings (SSSR count). The summed E-state index contributed by atoms with van der Waals surface area (Å²) in [4.78, 5) is 20.3. The Kier molecular flexibility index (Phi) is 4.79. The number of aromatic amines is 1. The van der Waals surface area contributed by atoms with Crippen LogP contribution in [0.3, 0.4) is 0 Å². The van der Waals surface area contributed by atoms with Crippen molar-refractivity contribution in [2.24, 2.45) is 11.8 Å². The summed E-state index contributed by atoms with van der Waals surface area (Å²) in [6, 6.07) is 13.5. The number of aromatic nitrogens is 2. The van der Waals surface area contributed by atoms with E-state index >= 15 is 0 Å². The standard InChI is InChI=1S/C20H18N4O.K/c21-16-10-11(6-7-22-16)18-19(23-13-4-2-1-3-5-13)17-15(24-18)9-12-8-14(12)20(17)25;/h1-7,10,12,14H,8-9H2,(H4,21,22,23,24,25);/q;+1/p-1. The van der Waals surface area contributed by atoms with E-state index in [0.717, 1.165) is 46.7 Å². The molecule has 3 N–H and O–H groups in total. The van der Waals surface area contributed by atoms with Gasteiger partial charge in [-0.25, -0.2) is 0 Å². The number of para-hydroxylation sites is 1. The minimum Gasteiger partial charge on any atom is -0.482 e. The van der Waals surface area contributed by atoms with Gasteiger partial charge in [-0.3, -0.25) is 4.79 Å². The van der Waals surface area contributed by atoms with Crippen molar-refractivity contribution in [3.05, 3.63) is 65.7 Å². The van der Waals surface area contributed by atoms with Crippen LogP contribution < -0.4 is 56.7 Å². The molecule has 2 unspecified atom stereocenters. The SMILES string of the molecule is [K+].[NH-]c1cc(-c2[nH]c3c(c2Nc2ccccc2)C(=O)C2CC2C3)ccn1. The topological polar surface area (TPSA) is 81.6 Å². The summed E-state index contributed by atoms with van der Waals surface area (Å²) >= 11 is 0. The van der Waals surface area contributed by atoms with Crippen LogP contribution in [-0.2, 0) is 6.42 Å². The van der Waals surface area contributed by atoms with E-state index < -0.39 is 0 Å². The third-order valence-electron chi connectivity index (χ3n) is 5.14. The zero-order valence-electron chi connectivity index (χ0n) is 14.5. The predicted molar refractivity (Wildman–Crippen MR) is 97.4 cm³/mol. The van der Waals surface area contributed by atoms with Gasteiger partial charge in [-0.1, -0.05) is 42.3 Å². The number of rotatable bonds is 3. The van der Waals surface area contributed by atoms with Crippen LogP contribution in [0.5, 0.6) is 0 Å². The molecule has 5 nitrogen and oxygen atoms in total. The molecule has 26 heavy (non-hydrogen) atoms. The molecule has 0 spiro atoms. The van der Waals surface area contributed by atoms with Gasteiger partial charge in [0.2, 0.25) is 0 Å². The molecular formula is C20H17KN4O. The molecule has 0 amide bonds. The molecule has 0 radical (unpaired) electrons. The quantitative estimate of drug-likeness (QED) is 0.693. The van der Waals surface area contributed by atoms with Gasteiger partial charge >= 0.3 is 51.4 Å². The van der Waals surface area contributed by atoms with Gasteiger partial charge < -0.3 is 21.0 Å². The number of pyridine rings is 1. The number of hydrogen-bond donors (Lipinski definition) is 2. The van der Waals surface area contributed by atoms with Crippen LogP contribution in [0.4, 0.5) is 17.2 Å². The molecule has 0 aliphatic heterocycles. The smallest absolute Gasteiger partial charge is 0.482 e. The first kappa shape index (κ1) is 17.9. The first-order valence-electron chi connectivity index (χ1n) is 8.50. The molecule has 3 aromatic rings. The van der Waals surface area contributed by atoms with Crippen LogP contribution in [0.25, 0.3) is 17.0 Å². The van der Waals surface area contributed by atoms with Crippen molar-refractivity contribution >= 4 is 23.0 Å². The van der Waals surface area contributed by atoms with Crippen molar-refractivity contribution in [1.82, 2.24) is 9.97 Å². The van der Waals surface area contributed by atoms with Crippen molar-refractivity contribution in [3.8, 4) is 11.3 Å². The van der Waals surface area contributed by atoms with E-state index in [1.165, 1.54) is 0 Å². The monoisotopic (exact) mass is 368 g/mol. The fourth-order valence-corrected chi connectivity index (χ4v) is 3.81. The number of carbonyl (C=O) groups excluding carboxylic acids is 1. The van der Waals surface area contributed by atoms with Crippen molar-refractivity contribution in [1.29, 1.82) is 0 Å². The second-order valence-corrected chi connectivity index (χ2v) is 6.82. The van der Waals surface area contributed by atoms with Crippen molar-refractivity contribution < 1.29 is 56.2 Å². The Morgan fingerprint density at radius 3 is 2.77 bits per heavy atom. The number of anilines is 2. The average molecular weight is 368 g/mol. The number of H-pyrrole nitrogens is 1. The van der Waals surface area contributed by atoms with Crippen LogP contribution in [-0.4, -0.2) is 15.8 Å². The predicted octanol–water partition coefficient (Wildman–Crippen LogP) is 1.88. The molecule has 1 fully saturated rings. The van der Waals surface area contributed by atoms with Crippen LogP contribution >= 0.6 is 0 Å². The minimum atomic E-state index is 0. The summed E-state index contributed by atoms with van der Waals surface area (Å²) < 4.78 is 0. The van der Waals surface area contributed by atoms with Crippen molar-refractivity contribution in [2.45, 2.75) is 12.8 Å². The molecule has 6 heteroatoms. The Bertz CT molecular complexity index is 983. The van der Waals surface area contributed by atoms with E-state index in [1.54, 1.807) is 12.3 Å². The zero-order valence-corrected chi connectivity index (χ0v) is 17.7. The van der Waals surface area contributed by atoms with Gasteiger partial charge in [0.25, 0.3) is 0 Å². The van der Waals surface area contributed by atoms with E-state index in [0.29, 0.717) is 5.92 Å². The summed E-state index contributed by atoms with van der Waals surface area (Å²) in [6.45, 7) is 0. The average Bonchev–Trinajstić information content (AvgIpc) is 3.31. The number of benzene rings is 1. The molecule has 0 saturated heterocycles. The maximum Gasteiger partial charge on any atom is 1.00 e. The van der Waals surface area contributed by atoms with Gasteiger partial charge in [-0.15, -0.1) is 0 Å². The zero-order chi connectivity index (χ0) is 17.0. The van der Waals surface area contributed by atoms with Gasteiger partial charge in [-0.2, -0.15) is 0 Å². The molecule has 2 aromatic heterocycles. The molecule has 124 valence electrons. The number of Topliss-reactive ketones (excluding diaryl/α,β-unsaturated/α-hetero) is 1. The molecular weight excluding hydrogens is 351 g/mol. The first-order valence-corrected chi connectivity index (χ1v) is 8.50. The number of ketones is 1. The van der Waals surface area contributed by atoms with Crippen LogP contribution in [0.1, 0.15) is 22.5 Å². The largest absolute Gasteiger partial charge is 1.00 e. The Morgan fingerprint density at radius 2 is 2.00 bits per heavy atom. The number of fused-ring (bicyclic) bond motifs is 2. The number of nitrogens with one attached hydrogen (secondary N) is 3. The second-order valence-electron chi connectivity index (χ2n) is 6.82. The van der Waals surface area contributed by atoms with Crippen LogP contribution in [0.2, 0.25) is 0 Å². The summed E-state index contributed by atoms with van der Waals surface area (Å²) in [7, 11) is 0. The molecule has 2 atom stereocenters. The maximum atomic E-state index is 12.9. The number of nitrogens with zero attached hydrogens (tertiary/aromatic N) is 1. The van der Waals surface area contributed by atoms with Crippen LogP contribution in [0.15, 0.2) is 48.7 Å². The third-order valence-corrected chi connectivity index (χ3v) is 5.14. The van der Waals surface area contributed by atoms with E-state index in [-0.39, 0.29) is 68.9 Å². The maximum absolute atomic E-state index is 12.9. The van der Waals surface area contributed by atoms with Crippen molar-refractivity contribution in [2.75, 3.05) is 5.32 Å². The molecule has 2 aliphatic carbocycles. The minimum absolute atomic E-state index is 0. The van der Waals surface area contributed by atoms with Gasteiger partial charge in [0, 0.05) is 17.3 Å². The Balaban J connectivity index is 0.00000168. The number of carbonyl (C=O) groups is 1. The molecule has 1 saturated carbocycles. The van der Waals surface area contributed by atoms with Crippen molar-refractivity contribution in [3.63, 3.8) is 0 Å². The first-order chi connectivity index (χ1) is 12.2. The van der Waals surface area contributed by atoms with Crippen LogP contribution in [0, 0.1) is 11.8 Å². The Morgan fingerprint density at radius 1 is 1.19 bits per heavy atom. The summed E-state index contributed by atoms with van der Waals surface area (Å²) in [6.07, 6.45) is 3.56. The third kappa shape index (κ3) is 3.06. The van der Waals surface area contributed by atoms with E-state index in [1.807, 2.05) is 36.4 Å². The van der Waals surface area contributed by atoms with Gasteiger partial charge in [0.15, 0.2) is 5.78 Å². The van der Waals surface area contributed by atoms with E-state index in [9.17, 15) is 4.79 Å². The molecule has 2 heterocycles. The Hall–Kier alpha value is -1.44. The summed E-state index contributed by atoms with van der Waals surface area (Å²) in [5.74, 6) is 1.15. The molecule has 2 aliphatic rings. The number of hydrogen-bond acceptors (Lipinski definition) is 3. The second kappa shape index (κ2) is 6.94. The Labute approximate surface area is 194 Å². The van der Waals surface area contributed by atoms with E-state index in [4.69, 9.17) is 5.73 Å². The normalized spacial score (nSPS) is 19.9. The molecule has 0 bridgehead atoms. The fraction of sp³-hybridized carbons (Fsp3) is 0.200. The fourth-order valence-electron chi connectivity index (χ4n) is 3.81. The van der Waals surface area contributed by atoms with Gasteiger partial charge in [0.05, 0.1) is 16.9 Å². The van der Waals surface area contributed by atoms with Gasteiger partial charge in [-0.05, 0) is 36.5 Å². The summed E-state index contributed by atoms with van der Waals surface area (Å²) in [5, 5.41) is 3.43. The summed E-state index contributed by atoms with van der Waals surface area (Å²) in [5.41, 5.74) is 13.1. The van der Waals surface area contributed by atoms with Gasteiger partial charge in [0.1, 0.15) is 0 Å².